The highest BCUT2D eigenvalue weighted by Crippen LogP contribution is 2.51. The molecule has 1 saturated heterocycles. The number of β-amino-alcohol motifs (C(OH)–C–C–N with tert-alkyl or cyclic N) is 1. The number of benzene rings is 1. The monoisotopic (exact) mass is 433 g/mol. The zero-order valence-corrected chi connectivity index (χ0v) is 17.8. The maximum absolute atomic E-state index is 12.3. The van der Waals surface area contributed by atoms with Gasteiger partial charge in [-0.15, -0.1) is 0 Å². The van der Waals surface area contributed by atoms with Crippen molar-refractivity contribution in [3.8, 4) is 6.07 Å². The molecule has 1 saturated carbocycles. The molecule has 1 unspecified atom stereocenters. The van der Waals surface area contributed by atoms with Crippen LogP contribution in [0.1, 0.15) is 53.5 Å². The summed E-state index contributed by atoms with van der Waals surface area (Å²) in [4.78, 5) is 22.7. The standard InChI is InChI=1S/C23H23N5O2S/c1-26-19-18(14-9-10-14)17(12-24)23(27-22(19)28-11-5-8-16(29)13-28)31-20(21(25)30)15-6-3-2-4-7-15/h2-4,6-7,14,16,20,29H,5,8-11,13H2,(H2,25,30)/t16-,20?/m1/s1. The number of aliphatic hydroxyl groups excluding tert-OH is 1. The topological polar surface area (TPSA) is 108 Å². The smallest absolute Gasteiger partial charge is 0.235 e. The Labute approximate surface area is 185 Å². The van der Waals surface area contributed by atoms with Gasteiger partial charge in [-0.3, -0.25) is 4.79 Å². The van der Waals surface area contributed by atoms with Gasteiger partial charge in [-0.05, 0) is 42.7 Å². The van der Waals surface area contributed by atoms with Crippen molar-refractivity contribution in [2.45, 2.75) is 48.0 Å². The number of nitriles is 1. The van der Waals surface area contributed by atoms with E-state index in [1.54, 1.807) is 0 Å². The summed E-state index contributed by atoms with van der Waals surface area (Å²) in [6.07, 6.45) is 2.88. The maximum atomic E-state index is 12.3. The van der Waals surface area contributed by atoms with E-state index in [0.717, 1.165) is 48.6 Å². The molecule has 0 radical (unpaired) electrons. The zero-order valence-electron chi connectivity index (χ0n) is 17.0. The molecule has 2 heterocycles. The molecule has 2 aliphatic rings. The van der Waals surface area contributed by atoms with Crippen LogP contribution in [0.5, 0.6) is 0 Å². The molecule has 4 rings (SSSR count). The lowest BCUT2D eigenvalue weighted by molar-refractivity contribution is -0.117. The Balaban J connectivity index is 1.84. The number of piperidine rings is 1. The summed E-state index contributed by atoms with van der Waals surface area (Å²) in [5.74, 6) is 0.130. The van der Waals surface area contributed by atoms with Crippen molar-refractivity contribution in [3.63, 3.8) is 0 Å². The van der Waals surface area contributed by atoms with E-state index in [4.69, 9.17) is 17.3 Å². The van der Waals surface area contributed by atoms with Gasteiger partial charge in [0.15, 0.2) is 0 Å². The number of hydrogen-bond donors (Lipinski definition) is 2. The molecule has 158 valence electrons. The minimum absolute atomic E-state index is 0.151. The molecular formula is C23H23N5O2S. The lowest BCUT2D eigenvalue weighted by Crippen LogP contribution is -2.39. The van der Waals surface area contributed by atoms with Crippen LogP contribution in [0.15, 0.2) is 35.4 Å². The molecule has 31 heavy (non-hydrogen) atoms. The van der Waals surface area contributed by atoms with Gasteiger partial charge >= 0.3 is 0 Å². The second-order valence-electron chi connectivity index (χ2n) is 7.93. The second-order valence-corrected chi connectivity index (χ2v) is 9.02. The van der Waals surface area contributed by atoms with Crippen molar-refractivity contribution in [2.75, 3.05) is 18.0 Å². The van der Waals surface area contributed by atoms with Crippen molar-refractivity contribution in [1.29, 1.82) is 5.26 Å². The van der Waals surface area contributed by atoms with Crippen LogP contribution in [0.4, 0.5) is 11.5 Å². The number of nitrogens with zero attached hydrogens (tertiary/aromatic N) is 4. The SMILES string of the molecule is [C-]#[N+]c1c(N2CCC[C@@H](O)C2)nc(SC(C(N)=O)c2ccccc2)c(C#N)c1C1CC1. The fourth-order valence-electron chi connectivity index (χ4n) is 4.03. The number of pyridine rings is 1. The molecule has 1 amide bonds. The first-order valence-corrected chi connectivity index (χ1v) is 11.2. The van der Waals surface area contributed by atoms with Gasteiger partial charge in [0.05, 0.1) is 18.2 Å². The summed E-state index contributed by atoms with van der Waals surface area (Å²) in [5.41, 5.74) is 7.93. The summed E-state index contributed by atoms with van der Waals surface area (Å²) < 4.78 is 0. The van der Waals surface area contributed by atoms with Gasteiger partial charge in [-0.2, -0.15) is 5.26 Å². The third-order valence-electron chi connectivity index (χ3n) is 5.65. The Kier molecular flexibility index (Phi) is 6.13. The predicted octanol–water partition coefficient (Wildman–Crippen LogP) is 3.66. The molecule has 1 aromatic heterocycles. The molecule has 8 heteroatoms. The van der Waals surface area contributed by atoms with E-state index in [1.165, 1.54) is 0 Å². The Morgan fingerprint density at radius 1 is 1.35 bits per heavy atom. The highest BCUT2D eigenvalue weighted by atomic mass is 32.2. The molecule has 2 aromatic rings. The van der Waals surface area contributed by atoms with Crippen LogP contribution in [-0.4, -0.2) is 35.2 Å². The number of hydrogen-bond acceptors (Lipinski definition) is 6. The first-order chi connectivity index (χ1) is 15.0. The fraction of sp³-hybridized carbons (Fsp3) is 0.391. The van der Waals surface area contributed by atoms with Crippen molar-refractivity contribution >= 4 is 29.2 Å². The van der Waals surface area contributed by atoms with E-state index in [1.807, 2.05) is 35.2 Å². The molecule has 1 aromatic carbocycles. The number of aliphatic hydroxyl groups is 1. The highest BCUT2D eigenvalue weighted by Gasteiger charge is 2.35. The van der Waals surface area contributed by atoms with Crippen molar-refractivity contribution in [2.24, 2.45) is 5.73 Å². The summed E-state index contributed by atoms with van der Waals surface area (Å²) >= 11 is 1.16. The van der Waals surface area contributed by atoms with Gasteiger partial charge in [0.2, 0.25) is 11.6 Å². The molecule has 1 aliphatic heterocycles. The van der Waals surface area contributed by atoms with Gasteiger partial charge in [0.25, 0.3) is 0 Å². The molecule has 1 aliphatic carbocycles. The number of thioether (sulfide) groups is 1. The Bertz CT molecular complexity index is 1070. The summed E-state index contributed by atoms with van der Waals surface area (Å²) in [6, 6.07) is 11.4. The first kappa shape index (κ1) is 21.2. The fourth-order valence-corrected chi connectivity index (χ4v) is 5.07. The second kappa shape index (κ2) is 8.97. The number of anilines is 1. The number of aromatic nitrogens is 1. The van der Waals surface area contributed by atoms with Crippen molar-refractivity contribution in [1.82, 2.24) is 4.98 Å². The number of rotatable bonds is 6. The van der Waals surface area contributed by atoms with Crippen molar-refractivity contribution in [3.05, 3.63) is 58.4 Å². The number of nitrogens with two attached hydrogens (primary N) is 1. The minimum atomic E-state index is -0.702. The largest absolute Gasteiger partial charge is 0.391 e. The van der Waals surface area contributed by atoms with Gasteiger partial charge in [0, 0.05) is 13.1 Å². The van der Waals surface area contributed by atoms with Gasteiger partial charge in [0.1, 0.15) is 22.2 Å². The average molecular weight is 434 g/mol. The van der Waals surface area contributed by atoms with E-state index in [2.05, 4.69) is 10.9 Å². The molecule has 2 atom stereocenters. The third-order valence-corrected chi connectivity index (χ3v) is 6.91. The summed E-state index contributed by atoms with van der Waals surface area (Å²) in [5, 5.41) is 19.9. The van der Waals surface area contributed by atoms with E-state index < -0.39 is 17.3 Å². The lowest BCUT2D eigenvalue weighted by atomic mass is 10.0. The average Bonchev–Trinajstić information content (AvgIpc) is 3.62. The summed E-state index contributed by atoms with van der Waals surface area (Å²) in [7, 11) is 0. The number of carbonyl (C=O) groups excluding carboxylic acids is 1. The van der Waals surface area contributed by atoms with Gasteiger partial charge in [-0.25, -0.2) is 9.83 Å². The predicted molar refractivity (Wildman–Crippen MR) is 119 cm³/mol. The van der Waals surface area contributed by atoms with E-state index in [-0.39, 0.29) is 5.92 Å². The zero-order chi connectivity index (χ0) is 22.0. The number of amides is 1. The lowest BCUT2D eigenvalue weighted by Gasteiger charge is -2.33. The molecule has 0 spiro atoms. The van der Waals surface area contributed by atoms with Crippen LogP contribution in [0.2, 0.25) is 0 Å². The third kappa shape index (κ3) is 4.36. The first-order valence-electron chi connectivity index (χ1n) is 10.3. The highest BCUT2D eigenvalue weighted by molar-refractivity contribution is 8.00. The number of carbonyl (C=O) groups is 1. The Morgan fingerprint density at radius 2 is 2.10 bits per heavy atom. The number of primary amides is 1. The molecule has 7 nitrogen and oxygen atoms in total. The quantitative estimate of drug-likeness (QED) is 0.532. The molecule has 3 N–H and O–H groups in total. The molecule has 0 bridgehead atoms. The van der Waals surface area contributed by atoms with Crippen LogP contribution in [0.25, 0.3) is 4.85 Å². The van der Waals surface area contributed by atoms with Gasteiger partial charge < -0.3 is 15.7 Å². The van der Waals surface area contributed by atoms with Crippen LogP contribution in [0, 0.1) is 17.9 Å². The van der Waals surface area contributed by atoms with E-state index in [0.29, 0.717) is 35.2 Å². The van der Waals surface area contributed by atoms with Crippen LogP contribution >= 0.6 is 11.8 Å². The Hall–Kier alpha value is -3.07. The summed E-state index contributed by atoms with van der Waals surface area (Å²) in [6.45, 7) is 8.89. The molecular weight excluding hydrogens is 410 g/mol. The van der Waals surface area contributed by atoms with Gasteiger partial charge in [-0.1, -0.05) is 42.1 Å². The Morgan fingerprint density at radius 3 is 2.68 bits per heavy atom. The van der Waals surface area contributed by atoms with Crippen LogP contribution < -0.4 is 10.6 Å². The van der Waals surface area contributed by atoms with E-state index >= 15 is 0 Å². The van der Waals surface area contributed by atoms with Crippen molar-refractivity contribution < 1.29 is 9.90 Å². The minimum Gasteiger partial charge on any atom is -0.391 e. The normalized spacial score (nSPS) is 19.3. The molecule has 2 fully saturated rings. The van der Waals surface area contributed by atoms with Crippen LogP contribution in [-0.2, 0) is 4.79 Å². The van der Waals surface area contributed by atoms with Crippen LogP contribution in [0.3, 0.4) is 0 Å². The van der Waals surface area contributed by atoms with E-state index in [9.17, 15) is 15.2 Å². The maximum Gasteiger partial charge on any atom is 0.235 e.